The summed E-state index contributed by atoms with van der Waals surface area (Å²) in [4.78, 5) is 78.2. The summed E-state index contributed by atoms with van der Waals surface area (Å²) in [6.45, 7) is 8.29. The van der Waals surface area contributed by atoms with Crippen molar-refractivity contribution in [2.45, 2.75) is 133 Å². The molecule has 12 N–H and O–H groups in total. The number of allylic oxidation sites excluding steroid dienone is 1. The van der Waals surface area contributed by atoms with Crippen LogP contribution in [0.5, 0.6) is 0 Å². The molecule has 24 heteroatoms. The first-order chi connectivity index (χ1) is 35.2. The summed E-state index contributed by atoms with van der Waals surface area (Å²) >= 11 is 0. The van der Waals surface area contributed by atoms with Gasteiger partial charge in [0.2, 0.25) is 0 Å². The van der Waals surface area contributed by atoms with E-state index in [0.29, 0.717) is 57.2 Å². The Kier molecular flexibility index (Phi) is 18.1. The SMILES string of the molecule is C=CC1=C(C)[C@@H](CC2=NC(=C3c4[nH]c(Cc5[nH]c(C=O)c(C)c5CCO)c(C)c4C(=O)[C@@H]3C(=O)OC)[C@@H](CCC(=O)OC[C@H]3O[C@H](OC[C@H]4O[C@@H](OC[C@H](O)CO)[C@H](O)[C@@H](O)[C@H]4O)[C@H](O)[C@@H](O)[C@H]3O)[C@@H]2C)NC1=O. The van der Waals surface area contributed by atoms with Gasteiger partial charge < -0.3 is 89.7 Å². The van der Waals surface area contributed by atoms with Crippen LogP contribution in [0.15, 0.2) is 34.5 Å². The minimum Gasteiger partial charge on any atom is -0.468 e. The number of aldehydes is 1. The molecule has 0 spiro atoms. The molecule has 74 heavy (non-hydrogen) atoms. The number of aromatic nitrogens is 2. The van der Waals surface area contributed by atoms with Gasteiger partial charge in [0.05, 0.1) is 50.1 Å². The van der Waals surface area contributed by atoms with Crippen molar-refractivity contribution in [1.82, 2.24) is 15.3 Å². The zero-order valence-electron chi connectivity index (χ0n) is 41.6. The number of H-pyrrole nitrogens is 2. The van der Waals surface area contributed by atoms with Gasteiger partial charge in [-0.3, -0.25) is 29.0 Å². The average molecular weight is 1040 g/mol. The highest BCUT2D eigenvalue weighted by molar-refractivity contribution is 6.24. The Hall–Kier alpha value is -5.32. The number of esters is 2. The third-order valence-electron chi connectivity index (χ3n) is 14.8. The fraction of sp³-hybridized carbons (Fsp3) is 0.600. The van der Waals surface area contributed by atoms with E-state index in [9.17, 15) is 64.8 Å². The summed E-state index contributed by atoms with van der Waals surface area (Å²) in [6, 6.07) is -0.469. The molecule has 0 bridgehead atoms. The van der Waals surface area contributed by atoms with Crippen LogP contribution in [-0.2, 0) is 55.6 Å². The highest BCUT2D eigenvalue weighted by Crippen LogP contribution is 2.49. The van der Waals surface area contributed by atoms with Gasteiger partial charge >= 0.3 is 11.9 Å². The minimum absolute atomic E-state index is 0.0371. The van der Waals surface area contributed by atoms with Crippen molar-refractivity contribution in [1.29, 1.82) is 0 Å². The number of aliphatic hydroxyl groups excluding tert-OH is 9. The number of ether oxygens (including phenoxy) is 6. The summed E-state index contributed by atoms with van der Waals surface area (Å²) in [5.41, 5.74) is 6.44. The molecule has 406 valence electrons. The third kappa shape index (κ3) is 11.0. The number of methoxy groups -OCH3 is 1. The van der Waals surface area contributed by atoms with Crippen molar-refractivity contribution in [3.63, 3.8) is 0 Å². The van der Waals surface area contributed by atoms with Crippen LogP contribution < -0.4 is 5.32 Å². The molecule has 2 aromatic rings. The Labute approximate surface area is 424 Å². The minimum atomic E-state index is -1.89. The van der Waals surface area contributed by atoms with Crippen LogP contribution in [-0.4, -0.2) is 205 Å². The fourth-order valence-electron chi connectivity index (χ4n) is 10.4. The molecule has 15 atom stereocenters. The van der Waals surface area contributed by atoms with Crippen LogP contribution in [0.3, 0.4) is 0 Å². The molecule has 0 radical (unpaired) electrons. The number of rotatable bonds is 21. The Morgan fingerprint density at radius 3 is 2.12 bits per heavy atom. The Balaban J connectivity index is 1.12. The van der Waals surface area contributed by atoms with Crippen LogP contribution in [0.4, 0.5) is 0 Å². The van der Waals surface area contributed by atoms with Crippen LogP contribution in [0.1, 0.15) is 87.7 Å². The van der Waals surface area contributed by atoms with Gasteiger partial charge in [0.15, 0.2) is 24.6 Å². The lowest BCUT2D eigenvalue weighted by Crippen LogP contribution is -2.62. The van der Waals surface area contributed by atoms with Crippen molar-refractivity contribution >= 4 is 41.2 Å². The zero-order valence-corrected chi connectivity index (χ0v) is 41.6. The predicted molar refractivity (Wildman–Crippen MR) is 255 cm³/mol. The van der Waals surface area contributed by atoms with Crippen LogP contribution in [0, 0.1) is 31.6 Å². The lowest BCUT2D eigenvalue weighted by molar-refractivity contribution is -0.332. The molecule has 1 amide bonds. The molecule has 7 rings (SSSR count). The van der Waals surface area contributed by atoms with Crippen molar-refractivity contribution in [3.05, 3.63) is 74.5 Å². The van der Waals surface area contributed by atoms with E-state index in [0.717, 1.165) is 18.2 Å². The molecule has 5 aliphatic rings. The van der Waals surface area contributed by atoms with Gasteiger partial charge in [-0.05, 0) is 55.9 Å². The van der Waals surface area contributed by atoms with Crippen molar-refractivity contribution < 1.29 is 98.4 Å². The van der Waals surface area contributed by atoms with E-state index in [1.807, 2.05) is 6.92 Å². The number of nitrogens with one attached hydrogen (secondary N) is 3. The van der Waals surface area contributed by atoms with Crippen LogP contribution in [0.25, 0.3) is 5.57 Å². The summed E-state index contributed by atoms with van der Waals surface area (Å²) < 4.78 is 32.8. The number of aliphatic hydroxyl groups is 9. The van der Waals surface area contributed by atoms with E-state index >= 15 is 0 Å². The van der Waals surface area contributed by atoms with E-state index < -0.39 is 135 Å². The molecule has 24 nitrogen and oxygen atoms in total. The Morgan fingerprint density at radius 1 is 0.878 bits per heavy atom. The van der Waals surface area contributed by atoms with Gasteiger partial charge in [0.25, 0.3) is 5.91 Å². The molecule has 0 saturated carbocycles. The molecule has 2 fully saturated rings. The number of nitrogens with zero attached hydrogens (tertiary/aromatic N) is 1. The monoisotopic (exact) mass is 1040 g/mol. The number of hydrogen-bond acceptors (Lipinski definition) is 21. The number of hydrogen-bond donors (Lipinski definition) is 12. The maximum Gasteiger partial charge on any atom is 0.321 e. The van der Waals surface area contributed by atoms with Gasteiger partial charge in [-0.25, -0.2) is 0 Å². The molecule has 6 heterocycles. The van der Waals surface area contributed by atoms with Crippen LogP contribution in [0.2, 0.25) is 0 Å². The third-order valence-corrected chi connectivity index (χ3v) is 14.8. The quantitative estimate of drug-likeness (QED) is 0.0366. The standard InChI is InChI=1S/C50H66N4O20/c1-7-24-19(2)28(54-47(24)67)12-27-21(4)26(38(52-27)36-37(48(68)69-6)42(62)35-22(5)29(53-39(35)36)13-30-25(10-11-55)20(3)31(15-57)51-30)8-9-34(59)70-17-32-40(60)43(63)46(66)50(73-32)72-18-33-41(61)44(64)45(65)49(74-33)71-16-23(58)14-56/h7,15,21,23,26,28,32-33,37,40-41,43-46,49-51,53,55-56,58,60-61,63-66H,1,8-14,16-18H2,2-6H3,(H,54,67)/t21-,23+,26-,28+,32+,33+,37+,40-,41-,43-,44-,45+,46+,49+,50-/m0/s1. The Bertz CT molecular complexity index is 2560. The van der Waals surface area contributed by atoms with Gasteiger partial charge in [-0.2, -0.15) is 0 Å². The number of carbonyl (C=O) groups is 5. The maximum atomic E-state index is 14.5. The van der Waals surface area contributed by atoms with E-state index in [4.69, 9.17) is 38.5 Å². The zero-order chi connectivity index (χ0) is 54.0. The lowest BCUT2D eigenvalue weighted by Gasteiger charge is -2.42. The largest absolute Gasteiger partial charge is 0.468 e. The molecule has 2 saturated heterocycles. The van der Waals surface area contributed by atoms with Crippen LogP contribution >= 0.6 is 0 Å². The van der Waals surface area contributed by atoms with E-state index in [1.54, 1.807) is 20.8 Å². The number of Topliss-reactive ketones (excluding diaryl/α,β-unsaturated/α-hetero) is 1. The summed E-state index contributed by atoms with van der Waals surface area (Å²) in [5, 5.41) is 95.3. The molecule has 2 aromatic heterocycles. The molecular formula is C50H66N4O20. The average Bonchev–Trinajstić information content (AvgIpc) is 4.13. The molecular weight excluding hydrogens is 977 g/mol. The molecule has 0 aromatic carbocycles. The number of amides is 1. The summed E-state index contributed by atoms with van der Waals surface area (Å²) in [5.74, 6) is -5.02. The molecule has 1 aliphatic carbocycles. The normalized spacial score (nSPS) is 32.4. The smallest absolute Gasteiger partial charge is 0.321 e. The van der Waals surface area contributed by atoms with Crippen molar-refractivity contribution in [2.75, 3.05) is 40.1 Å². The highest BCUT2D eigenvalue weighted by atomic mass is 16.7. The first kappa shape index (κ1) is 56.4. The topological polar surface area (TPSA) is 379 Å². The maximum absolute atomic E-state index is 14.5. The number of fused-ring (bicyclic) bond motifs is 1. The predicted octanol–water partition coefficient (Wildman–Crippen LogP) is -1.98. The number of aliphatic imine (C=N–C) groups is 1. The Morgan fingerprint density at radius 2 is 1.53 bits per heavy atom. The fourth-order valence-corrected chi connectivity index (χ4v) is 10.4. The number of carbonyl (C=O) groups excluding carboxylic acids is 5. The van der Waals surface area contributed by atoms with Crippen molar-refractivity contribution in [3.8, 4) is 0 Å². The summed E-state index contributed by atoms with van der Waals surface area (Å²) in [7, 11) is 1.16. The molecule has 4 aliphatic heterocycles. The lowest BCUT2D eigenvalue weighted by atomic mass is 9.82. The second-order valence-corrected chi connectivity index (χ2v) is 19.3. The van der Waals surface area contributed by atoms with Gasteiger partial charge in [-0.1, -0.05) is 19.6 Å². The molecule has 0 unspecified atom stereocenters. The summed E-state index contributed by atoms with van der Waals surface area (Å²) in [6.07, 6.45) is -15.9. The van der Waals surface area contributed by atoms with E-state index in [-0.39, 0.29) is 55.8 Å². The van der Waals surface area contributed by atoms with Gasteiger partial charge in [0, 0.05) is 71.5 Å². The number of aromatic amines is 2. The highest BCUT2D eigenvalue weighted by Gasteiger charge is 2.50. The van der Waals surface area contributed by atoms with Gasteiger partial charge in [0.1, 0.15) is 67.5 Å². The second kappa shape index (κ2) is 23.7. The van der Waals surface area contributed by atoms with Crippen molar-refractivity contribution in [2.24, 2.45) is 22.7 Å². The van der Waals surface area contributed by atoms with E-state index in [1.165, 1.54) is 6.08 Å². The second-order valence-electron chi connectivity index (χ2n) is 19.3. The first-order valence-electron chi connectivity index (χ1n) is 24.3. The number of ketones is 1. The van der Waals surface area contributed by atoms with Gasteiger partial charge in [-0.15, -0.1) is 0 Å². The first-order valence-corrected chi connectivity index (χ1v) is 24.3. The van der Waals surface area contributed by atoms with E-state index in [2.05, 4.69) is 21.9 Å².